The largest absolute Gasteiger partial charge is 0.475 e. The van der Waals surface area contributed by atoms with Crippen molar-refractivity contribution in [1.29, 1.82) is 0 Å². The summed E-state index contributed by atoms with van der Waals surface area (Å²) in [5.41, 5.74) is 0. The summed E-state index contributed by atoms with van der Waals surface area (Å²) < 4.78 is 31.5. The molecule has 1 aromatic rings. The quantitative estimate of drug-likeness (QED) is 0.818. The van der Waals surface area contributed by atoms with Crippen LogP contribution in [0.1, 0.15) is 36.7 Å². The Kier molecular flexibility index (Phi) is 4.03. The Balaban J connectivity index is 2.15. The van der Waals surface area contributed by atoms with Gasteiger partial charge in [0, 0.05) is 12.1 Å². The van der Waals surface area contributed by atoms with Crippen LogP contribution in [0, 0.1) is 5.92 Å². The summed E-state index contributed by atoms with van der Waals surface area (Å²) in [7, 11) is -3.77. The van der Waals surface area contributed by atoms with Crippen molar-refractivity contribution >= 4 is 31.9 Å². The van der Waals surface area contributed by atoms with E-state index in [1.54, 1.807) is 6.92 Å². The summed E-state index contributed by atoms with van der Waals surface area (Å²) in [6, 6.07) is 0.811. The van der Waals surface area contributed by atoms with Crippen LogP contribution >= 0.6 is 15.9 Å². The number of carboxylic acid groups (broad SMARTS) is 1. The summed E-state index contributed by atoms with van der Waals surface area (Å²) >= 11 is 2.93. The van der Waals surface area contributed by atoms with Gasteiger partial charge >= 0.3 is 5.97 Å². The smallest absolute Gasteiger partial charge is 0.371 e. The zero-order chi connectivity index (χ0) is 14.2. The molecule has 1 fully saturated rings. The van der Waals surface area contributed by atoms with Gasteiger partial charge in [-0.15, -0.1) is 0 Å². The van der Waals surface area contributed by atoms with Crippen molar-refractivity contribution in [3.05, 3.63) is 16.5 Å². The van der Waals surface area contributed by atoms with E-state index in [0.717, 1.165) is 25.3 Å². The van der Waals surface area contributed by atoms with Crippen LogP contribution in [0.15, 0.2) is 20.0 Å². The molecule has 0 spiro atoms. The minimum atomic E-state index is -3.77. The van der Waals surface area contributed by atoms with E-state index in [2.05, 4.69) is 20.7 Å². The molecule has 2 N–H and O–H groups in total. The minimum Gasteiger partial charge on any atom is -0.475 e. The average Bonchev–Trinajstić information content (AvgIpc) is 2.96. The molecule has 1 aliphatic carbocycles. The molecule has 0 amide bonds. The van der Waals surface area contributed by atoms with Gasteiger partial charge in [0.25, 0.3) is 0 Å². The fraction of sp³-hybridized carbons (Fsp3) is 0.545. The summed E-state index contributed by atoms with van der Waals surface area (Å²) in [5, 5.41) is 8.77. The van der Waals surface area contributed by atoms with Crippen LogP contribution in [0.2, 0.25) is 0 Å². The average molecular weight is 352 g/mol. The Bertz CT molecular complexity index is 590. The van der Waals surface area contributed by atoms with Gasteiger partial charge in [0.05, 0.1) is 0 Å². The number of rotatable bonds is 6. The van der Waals surface area contributed by atoms with Crippen LogP contribution in [-0.4, -0.2) is 25.5 Å². The molecule has 1 aliphatic rings. The van der Waals surface area contributed by atoms with Crippen molar-refractivity contribution in [3.63, 3.8) is 0 Å². The van der Waals surface area contributed by atoms with Crippen molar-refractivity contribution in [2.75, 3.05) is 0 Å². The highest BCUT2D eigenvalue weighted by Crippen LogP contribution is 2.34. The summed E-state index contributed by atoms with van der Waals surface area (Å²) in [5.74, 6) is -1.13. The Hall–Kier alpha value is -0.860. The van der Waals surface area contributed by atoms with Gasteiger partial charge in [-0.3, -0.25) is 0 Å². The summed E-state index contributed by atoms with van der Waals surface area (Å²) in [4.78, 5) is 10.6. The lowest BCUT2D eigenvalue weighted by Gasteiger charge is -2.12. The maximum atomic E-state index is 12.1. The van der Waals surface area contributed by atoms with Crippen molar-refractivity contribution < 1.29 is 22.7 Å². The van der Waals surface area contributed by atoms with Gasteiger partial charge < -0.3 is 9.52 Å². The SMILES string of the molecule is CC(CC1CC1)NS(=O)(=O)c1cc(C(=O)O)oc1Br. The van der Waals surface area contributed by atoms with Crippen LogP contribution in [0.5, 0.6) is 0 Å². The predicted molar refractivity (Wildman–Crippen MR) is 70.5 cm³/mol. The van der Waals surface area contributed by atoms with Gasteiger partial charge in [0.1, 0.15) is 4.90 Å². The fourth-order valence-corrected chi connectivity index (χ4v) is 4.07. The molecule has 1 saturated carbocycles. The molecule has 1 heterocycles. The number of hydrogen-bond donors (Lipinski definition) is 2. The molecule has 0 saturated heterocycles. The number of hydrogen-bond acceptors (Lipinski definition) is 4. The molecule has 0 radical (unpaired) electrons. The molecule has 0 aromatic carbocycles. The first-order valence-corrected chi connectivity index (χ1v) is 8.12. The minimum absolute atomic E-state index is 0.101. The van der Waals surface area contributed by atoms with Crippen molar-refractivity contribution in [2.45, 2.75) is 37.1 Å². The normalized spacial score (nSPS) is 17.4. The predicted octanol–water partition coefficient (Wildman–Crippen LogP) is 2.21. The maximum absolute atomic E-state index is 12.1. The molecule has 19 heavy (non-hydrogen) atoms. The molecule has 0 bridgehead atoms. The van der Waals surface area contributed by atoms with Gasteiger partial charge in [-0.25, -0.2) is 17.9 Å². The first-order valence-electron chi connectivity index (χ1n) is 5.84. The highest BCUT2D eigenvalue weighted by Gasteiger charge is 2.29. The molecule has 106 valence electrons. The molecule has 1 aromatic heterocycles. The summed E-state index contributed by atoms with van der Waals surface area (Å²) in [6.07, 6.45) is 3.08. The molecular formula is C11H14BrNO5S. The van der Waals surface area contributed by atoms with Crippen LogP contribution in [0.4, 0.5) is 0 Å². The van der Waals surface area contributed by atoms with Crippen LogP contribution in [0.3, 0.4) is 0 Å². The lowest BCUT2D eigenvalue weighted by Crippen LogP contribution is -2.32. The monoisotopic (exact) mass is 351 g/mol. The van der Waals surface area contributed by atoms with E-state index in [4.69, 9.17) is 9.52 Å². The van der Waals surface area contributed by atoms with E-state index < -0.39 is 21.8 Å². The van der Waals surface area contributed by atoms with E-state index >= 15 is 0 Å². The van der Waals surface area contributed by atoms with Gasteiger partial charge in [-0.2, -0.15) is 0 Å². The second-order valence-corrected chi connectivity index (χ2v) is 7.16. The number of carbonyl (C=O) groups is 1. The zero-order valence-electron chi connectivity index (χ0n) is 10.2. The third kappa shape index (κ3) is 3.58. The molecule has 6 nitrogen and oxygen atoms in total. The van der Waals surface area contributed by atoms with Gasteiger partial charge in [0.15, 0.2) is 4.67 Å². The highest BCUT2D eigenvalue weighted by atomic mass is 79.9. The number of halogens is 1. The molecule has 2 rings (SSSR count). The Morgan fingerprint density at radius 2 is 2.26 bits per heavy atom. The van der Waals surface area contributed by atoms with Crippen LogP contribution in [0.25, 0.3) is 0 Å². The number of carboxylic acids is 1. The second-order valence-electron chi connectivity index (χ2n) is 4.76. The molecule has 1 atom stereocenters. The number of aromatic carboxylic acids is 1. The molecule has 1 unspecified atom stereocenters. The molecule has 0 aliphatic heterocycles. The summed E-state index contributed by atoms with van der Waals surface area (Å²) in [6.45, 7) is 1.79. The van der Waals surface area contributed by atoms with Crippen molar-refractivity contribution in [3.8, 4) is 0 Å². The Morgan fingerprint density at radius 3 is 2.74 bits per heavy atom. The first kappa shape index (κ1) is 14.5. The topological polar surface area (TPSA) is 96.6 Å². The van der Waals surface area contributed by atoms with Gasteiger partial charge in [0.2, 0.25) is 15.8 Å². The number of nitrogens with one attached hydrogen (secondary N) is 1. The Labute approximate surface area is 119 Å². The van der Waals surface area contributed by atoms with E-state index in [9.17, 15) is 13.2 Å². The lowest BCUT2D eigenvalue weighted by atomic mass is 10.2. The fourth-order valence-electron chi connectivity index (χ4n) is 1.87. The number of sulfonamides is 1. The third-order valence-electron chi connectivity index (χ3n) is 2.90. The van der Waals surface area contributed by atoms with Crippen molar-refractivity contribution in [1.82, 2.24) is 4.72 Å². The first-order chi connectivity index (χ1) is 8.79. The van der Waals surface area contributed by atoms with E-state index in [-0.39, 0.29) is 15.6 Å². The maximum Gasteiger partial charge on any atom is 0.371 e. The molecular weight excluding hydrogens is 338 g/mol. The highest BCUT2D eigenvalue weighted by molar-refractivity contribution is 9.10. The number of furan rings is 1. The van der Waals surface area contributed by atoms with E-state index in [1.165, 1.54) is 0 Å². The Morgan fingerprint density at radius 1 is 1.63 bits per heavy atom. The van der Waals surface area contributed by atoms with Crippen LogP contribution in [-0.2, 0) is 10.0 Å². The van der Waals surface area contributed by atoms with Crippen LogP contribution < -0.4 is 4.72 Å². The van der Waals surface area contributed by atoms with E-state index in [1.807, 2.05) is 0 Å². The lowest BCUT2D eigenvalue weighted by molar-refractivity contribution is 0.0661. The molecule has 8 heteroatoms. The third-order valence-corrected chi connectivity index (χ3v) is 5.34. The second kappa shape index (κ2) is 5.26. The van der Waals surface area contributed by atoms with Gasteiger partial charge in [-0.05, 0) is 35.2 Å². The zero-order valence-corrected chi connectivity index (χ0v) is 12.6. The van der Waals surface area contributed by atoms with E-state index in [0.29, 0.717) is 5.92 Å². The van der Waals surface area contributed by atoms with Crippen molar-refractivity contribution in [2.24, 2.45) is 5.92 Å². The van der Waals surface area contributed by atoms with Gasteiger partial charge in [-0.1, -0.05) is 12.8 Å². The standard InChI is InChI=1S/C11H14BrNO5S/c1-6(4-7-2-3-7)13-19(16,17)9-5-8(11(14)15)18-10(9)12/h5-7,13H,2-4H2,1H3,(H,14,15).